The van der Waals surface area contributed by atoms with Crippen LogP contribution in [-0.4, -0.2) is 19.6 Å². The van der Waals surface area contributed by atoms with Gasteiger partial charge in [0.15, 0.2) is 5.11 Å². The first kappa shape index (κ1) is 19.7. The fourth-order valence-corrected chi connectivity index (χ4v) is 4.37. The Morgan fingerprint density at radius 3 is 2.55 bits per heavy atom. The van der Waals surface area contributed by atoms with Crippen molar-refractivity contribution in [2.45, 2.75) is 12.1 Å². The number of halogens is 2. The summed E-state index contributed by atoms with van der Waals surface area (Å²) in [5.74, 6) is 0.358. The Morgan fingerprint density at radius 1 is 0.968 bits per heavy atom. The monoisotopic (exact) mass is 449 g/mol. The molecular weight excluding hydrogens is 433 g/mol. The van der Waals surface area contributed by atoms with Crippen molar-refractivity contribution >= 4 is 34.6 Å². The molecule has 1 aliphatic rings. The summed E-state index contributed by atoms with van der Waals surface area (Å²) in [6.45, 7) is 0. The van der Waals surface area contributed by atoms with Crippen molar-refractivity contribution in [1.29, 1.82) is 0 Å². The predicted molar refractivity (Wildman–Crippen MR) is 123 cm³/mol. The van der Waals surface area contributed by atoms with E-state index in [1.807, 2.05) is 52.1 Å². The van der Waals surface area contributed by atoms with Crippen LogP contribution in [0.25, 0.3) is 5.82 Å². The van der Waals surface area contributed by atoms with Crippen molar-refractivity contribution in [3.05, 3.63) is 108 Å². The van der Waals surface area contributed by atoms with E-state index in [-0.39, 0.29) is 17.9 Å². The summed E-state index contributed by atoms with van der Waals surface area (Å²) in [4.78, 5) is 10.8. The number of hydrogen-bond acceptors (Lipinski definition) is 3. The van der Waals surface area contributed by atoms with E-state index in [0.717, 1.165) is 11.4 Å². The van der Waals surface area contributed by atoms with Gasteiger partial charge in [-0.25, -0.2) is 9.37 Å². The Bertz CT molecular complexity index is 1230. The second-order valence-electron chi connectivity index (χ2n) is 7.09. The molecule has 0 saturated carbocycles. The van der Waals surface area contributed by atoms with Gasteiger partial charge in [-0.2, -0.15) is 0 Å². The highest BCUT2D eigenvalue weighted by molar-refractivity contribution is 7.80. The smallest absolute Gasteiger partial charge is 0.174 e. The number of para-hydroxylation sites is 1. The molecule has 5 nitrogen and oxygen atoms in total. The zero-order chi connectivity index (χ0) is 21.4. The lowest BCUT2D eigenvalue weighted by molar-refractivity contribution is 0.541. The molecule has 5 rings (SSSR count). The van der Waals surface area contributed by atoms with Gasteiger partial charge in [0.2, 0.25) is 0 Å². The number of hydrogen-bond donors (Lipinski definition) is 1. The van der Waals surface area contributed by atoms with Gasteiger partial charge in [-0.3, -0.25) is 4.98 Å². The molecule has 4 heterocycles. The van der Waals surface area contributed by atoms with Crippen molar-refractivity contribution in [1.82, 2.24) is 19.9 Å². The maximum absolute atomic E-state index is 14.8. The van der Waals surface area contributed by atoms with E-state index >= 15 is 0 Å². The Hall–Kier alpha value is -3.29. The maximum atomic E-state index is 14.8. The average molecular weight is 450 g/mol. The predicted octanol–water partition coefficient (Wildman–Crippen LogP) is 5.24. The molecule has 1 saturated heterocycles. The molecule has 0 aliphatic carbocycles. The van der Waals surface area contributed by atoms with Crippen LogP contribution in [-0.2, 0) is 0 Å². The highest BCUT2D eigenvalue weighted by atomic mass is 35.5. The second kappa shape index (κ2) is 8.09. The van der Waals surface area contributed by atoms with Gasteiger partial charge in [0.25, 0.3) is 0 Å². The molecule has 0 spiro atoms. The molecule has 2 atom stereocenters. The molecule has 0 amide bonds. The molecule has 8 heteroatoms. The van der Waals surface area contributed by atoms with E-state index in [1.165, 1.54) is 6.07 Å². The molecule has 1 fully saturated rings. The van der Waals surface area contributed by atoms with E-state index in [4.69, 9.17) is 23.8 Å². The van der Waals surface area contributed by atoms with Crippen LogP contribution in [0.1, 0.15) is 23.5 Å². The number of aromatic nitrogens is 3. The van der Waals surface area contributed by atoms with E-state index < -0.39 is 0 Å². The van der Waals surface area contributed by atoms with Gasteiger partial charge >= 0.3 is 0 Å². The Labute approximate surface area is 189 Å². The van der Waals surface area contributed by atoms with Gasteiger partial charge < -0.3 is 14.8 Å². The number of benzene rings is 1. The van der Waals surface area contributed by atoms with Crippen molar-refractivity contribution in [3.8, 4) is 5.82 Å². The van der Waals surface area contributed by atoms with Crippen LogP contribution in [0.3, 0.4) is 0 Å². The third-order valence-corrected chi connectivity index (χ3v) is 5.79. The third kappa shape index (κ3) is 3.56. The first-order chi connectivity index (χ1) is 15.1. The number of nitrogens with one attached hydrogen (secondary N) is 1. The largest absolute Gasteiger partial charge is 0.351 e. The lowest BCUT2D eigenvalue weighted by Crippen LogP contribution is -2.31. The molecule has 154 valence electrons. The molecule has 1 aliphatic heterocycles. The van der Waals surface area contributed by atoms with E-state index in [1.54, 1.807) is 36.7 Å². The standard InChI is InChI=1S/C23H17ClFN5S/c24-15-10-11-20(27-14-15)29-13-5-9-19(29)22-21(17-7-3-4-12-26-17)28-23(31)30(22)18-8-2-1-6-16(18)25/h1-14,21-22H,(H,28,31)/t21-,22+/m1/s1. The topological polar surface area (TPSA) is 46.0 Å². The lowest BCUT2D eigenvalue weighted by atomic mass is 10.0. The number of rotatable bonds is 4. The molecule has 0 radical (unpaired) electrons. The van der Waals surface area contributed by atoms with E-state index in [2.05, 4.69) is 15.3 Å². The zero-order valence-electron chi connectivity index (χ0n) is 16.2. The van der Waals surface area contributed by atoms with Gasteiger partial charge in [0, 0.05) is 24.3 Å². The van der Waals surface area contributed by atoms with Crippen molar-refractivity contribution in [2.75, 3.05) is 4.90 Å². The van der Waals surface area contributed by atoms with Crippen LogP contribution in [0.15, 0.2) is 85.3 Å². The van der Waals surface area contributed by atoms with E-state index in [9.17, 15) is 4.39 Å². The quantitative estimate of drug-likeness (QED) is 0.432. The summed E-state index contributed by atoms with van der Waals surface area (Å²) in [7, 11) is 0. The minimum absolute atomic E-state index is 0.283. The van der Waals surface area contributed by atoms with Crippen molar-refractivity contribution in [3.63, 3.8) is 0 Å². The minimum atomic E-state index is -0.355. The number of thiocarbonyl (C=S) groups is 1. The second-order valence-corrected chi connectivity index (χ2v) is 7.91. The molecule has 3 aromatic heterocycles. The van der Waals surface area contributed by atoms with Crippen LogP contribution in [0.4, 0.5) is 10.1 Å². The zero-order valence-corrected chi connectivity index (χ0v) is 17.8. The average Bonchev–Trinajstić information content (AvgIpc) is 3.40. The summed E-state index contributed by atoms with van der Waals surface area (Å²) < 4.78 is 16.8. The first-order valence-electron chi connectivity index (χ1n) is 9.68. The van der Waals surface area contributed by atoms with Gasteiger partial charge in [0.05, 0.1) is 22.4 Å². The summed E-state index contributed by atoms with van der Waals surface area (Å²) in [6, 6.07) is 19.3. The molecular formula is C23H17ClFN5S. The number of pyridine rings is 2. The van der Waals surface area contributed by atoms with Crippen LogP contribution in [0.5, 0.6) is 0 Å². The van der Waals surface area contributed by atoms with Crippen molar-refractivity contribution < 1.29 is 4.39 Å². The molecule has 0 unspecified atom stereocenters. The van der Waals surface area contributed by atoms with Gasteiger partial charge in [0.1, 0.15) is 17.7 Å². The third-order valence-electron chi connectivity index (χ3n) is 5.25. The number of nitrogens with zero attached hydrogens (tertiary/aromatic N) is 4. The van der Waals surface area contributed by atoms with E-state index in [0.29, 0.717) is 21.6 Å². The highest BCUT2D eigenvalue weighted by Gasteiger charge is 2.43. The lowest BCUT2D eigenvalue weighted by Gasteiger charge is -2.29. The van der Waals surface area contributed by atoms with Crippen LogP contribution < -0.4 is 10.2 Å². The normalized spacial score (nSPS) is 18.3. The maximum Gasteiger partial charge on any atom is 0.174 e. The minimum Gasteiger partial charge on any atom is -0.351 e. The molecule has 1 aromatic carbocycles. The van der Waals surface area contributed by atoms with Crippen LogP contribution in [0.2, 0.25) is 5.02 Å². The SMILES string of the molecule is Fc1ccccc1N1C(=S)N[C@H](c2ccccn2)[C@@H]1c1cccn1-c1ccc(Cl)cn1. The van der Waals surface area contributed by atoms with Gasteiger partial charge in [-0.15, -0.1) is 0 Å². The molecule has 1 N–H and O–H groups in total. The summed E-state index contributed by atoms with van der Waals surface area (Å²) in [6.07, 6.45) is 5.26. The summed E-state index contributed by atoms with van der Waals surface area (Å²) in [5, 5.41) is 4.33. The molecule has 4 aromatic rings. The highest BCUT2D eigenvalue weighted by Crippen LogP contribution is 2.42. The summed E-state index contributed by atoms with van der Waals surface area (Å²) >= 11 is 11.7. The molecule has 0 bridgehead atoms. The molecule has 31 heavy (non-hydrogen) atoms. The Morgan fingerprint density at radius 2 is 1.81 bits per heavy atom. The number of anilines is 1. The van der Waals surface area contributed by atoms with Gasteiger partial charge in [-0.05, 0) is 60.7 Å². The fraction of sp³-hybridized carbons (Fsp3) is 0.0870. The van der Waals surface area contributed by atoms with Crippen LogP contribution in [0, 0.1) is 5.82 Å². The first-order valence-corrected chi connectivity index (χ1v) is 10.5. The fourth-order valence-electron chi connectivity index (χ4n) is 3.92. The Kier molecular flexibility index (Phi) is 5.13. The summed E-state index contributed by atoms with van der Waals surface area (Å²) in [5.41, 5.74) is 2.10. The van der Waals surface area contributed by atoms with Crippen LogP contribution >= 0.6 is 23.8 Å². The van der Waals surface area contributed by atoms with Crippen molar-refractivity contribution in [2.24, 2.45) is 0 Å². The Balaban J connectivity index is 1.68. The van der Waals surface area contributed by atoms with Gasteiger partial charge in [-0.1, -0.05) is 29.8 Å².